The van der Waals surface area contributed by atoms with Gasteiger partial charge >= 0.3 is 12.3 Å². The average molecular weight is 330 g/mol. The van der Waals surface area contributed by atoms with E-state index in [0.717, 1.165) is 30.6 Å². The van der Waals surface area contributed by atoms with Crippen molar-refractivity contribution >= 4 is 23.6 Å². The summed E-state index contributed by atoms with van der Waals surface area (Å²) in [6, 6.07) is 6.51. The minimum absolute atomic E-state index is 0.0800. The first-order chi connectivity index (χ1) is 10.3. The fourth-order valence-electron chi connectivity index (χ4n) is 1.78. The van der Waals surface area contributed by atoms with Crippen molar-refractivity contribution in [3.05, 3.63) is 40.8 Å². The molecular weight excluding hydrogens is 321 g/mol. The summed E-state index contributed by atoms with van der Waals surface area (Å²) in [5, 5.41) is 0. The fraction of sp³-hybridized carbons (Fsp3) is 0.143. The molecule has 0 aliphatic heterocycles. The number of hydrogen-bond acceptors (Lipinski definition) is 5. The number of alkyl halides is 3. The molecule has 0 atom stereocenters. The average Bonchev–Trinajstić information content (AvgIpc) is 2.93. The van der Waals surface area contributed by atoms with Crippen LogP contribution in [0.25, 0.3) is 10.4 Å². The Kier molecular flexibility index (Phi) is 4.51. The van der Waals surface area contributed by atoms with E-state index in [4.69, 9.17) is 0 Å². The number of halogens is 3. The standard InChI is InChI=1S/C14H9F3O4S/c1-20-13(19)11-6-8(21-14(15,16)17)2-4-10(11)12-5-3-9(7-18)22-12/h2-7H,1H3. The second-order valence-corrected chi connectivity index (χ2v) is 5.18. The molecule has 1 aromatic heterocycles. The number of benzene rings is 1. The molecule has 2 aromatic rings. The van der Waals surface area contributed by atoms with Crippen LogP contribution in [0, 0.1) is 0 Å². The monoisotopic (exact) mass is 330 g/mol. The van der Waals surface area contributed by atoms with Gasteiger partial charge in [-0.05, 0) is 30.3 Å². The number of methoxy groups -OCH3 is 1. The van der Waals surface area contributed by atoms with Gasteiger partial charge in [-0.1, -0.05) is 0 Å². The quantitative estimate of drug-likeness (QED) is 0.630. The highest BCUT2D eigenvalue weighted by Gasteiger charge is 2.31. The molecular formula is C14H9F3O4S. The molecule has 0 saturated carbocycles. The van der Waals surface area contributed by atoms with Gasteiger partial charge in [0, 0.05) is 10.4 Å². The summed E-state index contributed by atoms with van der Waals surface area (Å²) in [4.78, 5) is 23.5. The Morgan fingerprint density at radius 3 is 2.50 bits per heavy atom. The van der Waals surface area contributed by atoms with E-state index in [1.807, 2.05) is 0 Å². The van der Waals surface area contributed by atoms with E-state index < -0.39 is 18.1 Å². The second kappa shape index (κ2) is 6.18. The van der Waals surface area contributed by atoms with Crippen molar-refractivity contribution in [1.29, 1.82) is 0 Å². The molecule has 0 bridgehead atoms. The number of hydrogen-bond donors (Lipinski definition) is 0. The molecule has 0 N–H and O–H groups in total. The molecule has 22 heavy (non-hydrogen) atoms. The number of rotatable bonds is 4. The first-order valence-electron chi connectivity index (χ1n) is 5.87. The molecule has 0 radical (unpaired) electrons. The maximum atomic E-state index is 12.3. The molecule has 0 aliphatic rings. The first-order valence-corrected chi connectivity index (χ1v) is 6.69. The van der Waals surface area contributed by atoms with E-state index in [1.165, 1.54) is 6.07 Å². The molecule has 0 unspecified atom stereocenters. The Morgan fingerprint density at radius 2 is 1.95 bits per heavy atom. The van der Waals surface area contributed by atoms with Crippen LogP contribution >= 0.6 is 11.3 Å². The van der Waals surface area contributed by atoms with Crippen LogP contribution in [-0.4, -0.2) is 25.7 Å². The van der Waals surface area contributed by atoms with Crippen LogP contribution in [0.3, 0.4) is 0 Å². The zero-order chi connectivity index (χ0) is 16.3. The smallest absolute Gasteiger partial charge is 0.465 e. The molecule has 1 aromatic carbocycles. The van der Waals surface area contributed by atoms with Crippen LogP contribution in [0.1, 0.15) is 20.0 Å². The summed E-state index contributed by atoms with van der Waals surface area (Å²) in [7, 11) is 1.12. The SMILES string of the molecule is COC(=O)c1cc(OC(F)(F)F)ccc1-c1ccc(C=O)s1. The number of thiophene rings is 1. The Bertz CT molecular complexity index is 706. The van der Waals surface area contributed by atoms with Crippen LogP contribution in [0.15, 0.2) is 30.3 Å². The van der Waals surface area contributed by atoms with Gasteiger partial charge in [0.2, 0.25) is 0 Å². The minimum Gasteiger partial charge on any atom is -0.465 e. The molecule has 0 amide bonds. The highest BCUT2D eigenvalue weighted by atomic mass is 32.1. The number of carbonyl (C=O) groups is 2. The predicted molar refractivity (Wildman–Crippen MR) is 73.2 cm³/mol. The van der Waals surface area contributed by atoms with Crippen molar-refractivity contribution in [2.75, 3.05) is 7.11 Å². The van der Waals surface area contributed by atoms with Gasteiger partial charge < -0.3 is 9.47 Å². The summed E-state index contributed by atoms with van der Waals surface area (Å²) in [6.45, 7) is 0. The number of ether oxygens (including phenoxy) is 2. The highest BCUT2D eigenvalue weighted by Crippen LogP contribution is 2.34. The lowest BCUT2D eigenvalue weighted by atomic mass is 10.1. The summed E-state index contributed by atoms with van der Waals surface area (Å²) < 4.78 is 45.1. The first kappa shape index (κ1) is 16.0. The van der Waals surface area contributed by atoms with Crippen molar-refractivity contribution in [2.24, 2.45) is 0 Å². The maximum Gasteiger partial charge on any atom is 0.573 e. The van der Waals surface area contributed by atoms with E-state index >= 15 is 0 Å². The highest BCUT2D eigenvalue weighted by molar-refractivity contribution is 7.17. The van der Waals surface area contributed by atoms with Crippen LogP contribution in [-0.2, 0) is 4.74 Å². The van der Waals surface area contributed by atoms with Gasteiger partial charge in [-0.3, -0.25) is 4.79 Å². The lowest BCUT2D eigenvalue weighted by Crippen LogP contribution is -2.17. The summed E-state index contributed by atoms with van der Waals surface area (Å²) >= 11 is 1.11. The minimum atomic E-state index is -4.86. The zero-order valence-electron chi connectivity index (χ0n) is 11.1. The Balaban J connectivity index is 2.49. The third-order valence-corrected chi connectivity index (χ3v) is 3.68. The summed E-state index contributed by atoms with van der Waals surface area (Å²) in [6.07, 6.45) is -4.21. The van der Waals surface area contributed by atoms with Crippen LogP contribution in [0.2, 0.25) is 0 Å². The molecule has 0 fully saturated rings. The Morgan fingerprint density at radius 1 is 1.23 bits per heavy atom. The lowest BCUT2D eigenvalue weighted by molar-refractivity contribution is -0.274. The Labute approximate surface area is 127 Å². The van der Waals surface area contributed by atoms with Gasteiger partial charge in [0.05, 0.1) is 17.6 Å². The number of esters is 1. The van der Waals surface area contributed by atoms with Gasteiger partial charge in [-0.25, -0.2) is 4.79 Å². The van der Waals surface area contributed by atoms with E-state index in [9.17, 15) is 22.8 Å². The van der Waals surface area contributed by atoms with Crippen molar-refractivity contribution < 1.29 is 32.2 Å². The largest absolute Gasteiger partial charge is 0.573 e. The van der Waals surface area contributed by atoms with E-state index in [1.54, 1.807) is 12.1 Å². The van der Waals surface area contributed by atoms with Gasteiger partial charge in [0.15, 0.2) is 6.29 Å². The van der Waals surface area contributed by atoms with Crippen molar-refractivity contribution in [1.82, 2.24) is 0 Å². The van der Waals surface area contributed by atoms with Gasteiger partial charge in [0.1, 0.15) is 5.75 Å². The van der Waals surface area contributed by atoms with Crippen molar-refractivity contribution in [3.63, 3.8) is 0 Å². The van der Waals surface area contributed by atoms with Gasteiger partial charge in [-0.2, -0.15) is 0 Å². The predicted octanol–water partition coefficient (Wildman–Crippen LogP) is 3.91. The molecule has 4 nitrogen and oxygen atoms in total. The topological polar surface area (TPSA) is 52.6 Å². The maximum absolute atomic E-state index is 12.3. The molecule has 8 heteroatoms. The summed E-state index contributed by atoms with van der Waals surface area (Å²) in [5.74, 6) is -1.33. The molecule has 2 rings (SSSR count). The second-order valence-electron chi connectivity index (χ2n) is 4.07. The van der Waals surface area contributed by atoms with Gasteiger partial charge in [-0.15, -0.1) is 24.5 Å². The fourth-order valence-corrected chi connectivity index (χ4v) is 2.64. The van der Waals surface area contributed by atoms with E-state index in [-0.39, 0.29) is 5.56 Å². The molecule has 116 valence electrons. The van der Waals surface area contributed by atoms with Crippen LogP contribution in [0.5, 0.6) is 5.75 Å². The van der Waals surface area contributed by atoms with Crippen LogP contribution in [0.4, 0.5) is 13.2 Å². The molecule has 1 heterocycles. The normalized spacial score (nSPS) is 11.1. The third-order valence-electron chi connectivity index (χ3n) is 2.64. The molecule has 0 spiro atoms. The van der Waals surface area contributed by atoms with Gasteiger partial charge in [0.25, 0.3) is 0 Å². The third kappa shape index (κ3) is 3.64. The Hall–Kier alpha value is -2.35. The van der Waals surface area contributed by atoms with Crippen molar-refractivity contribution in [2.45, 2.75) is 6.36 Å². The lowest BCUT2D eigenvalue weighted by Gasteiger charge is -2.12. The zero-order valence-corrected chi connectivity index (χ0v) is 12.0. The van der Waals surface area contributed by atoms with E-state index in [2.05, 4.69) is 9.47 Å². The molecule has 0 aliphatic carbocycles. The molecule has 0 saturated heterocycles. The van der Waals surface area contributed by atoms with E-state index in [0.29, 0.717) is 21.6 Å². The summed E-state index contributed by atoms with van der Waals surface area (Å²) in [5.41, 5.74) is 0.281. The van der Waals surface area contributed by atoms with Crippen molar-refractivity contribution in [3.8, 4) is 16.2 Å². The van der Waals surface area contributed by atoms with Crippen LogP contribution < -0.4 is 4.74 Å². The number of carbonyl (C=O) groups excluding carboxylic acids is 2. The number of aldehydes is 1.